The Morgan fingerprint density at radius 1 is 1.24 bits per heavy atom. The quantitative estimate of drug-likeness (QED) is 0.869. The van der Waals surface area contributed by atoms with E-state index in [0.29, 0.717) is 12.1 Å². The summed E-state index contributed by atoms with van der Waals surface area (Å²) in [5.74, 6) is 1.91. The molecule has 0 spiro atoms. The van der Waals surface area contributed by atoms with Crippen LogP contribution in [0, 0.1) is 18.8 Å². The molecule has 4 atom stereocenters. The molecule has 2 aliphatic rings. The molecule has 0 amide bonds. The second-order valence-corrected chi connectivity index (χ2v) is 5.70. The first-order valence-electron chi connectivity index (χ1n) is 6.77. The maximum atomic E-state index is 4.46. The highest BCUT2D eigenvalue weighted by molar-refractivity contribution is 5.13. The molecule has 1 aromatic rings. The normalized spacial score (nSPS) is 32.9. The van der Waals surface area contributed by atoms with Crippen molar-refractivity contribution < 1.29 is 0 Å². The van der Waals surface area contributed by atoms with Crippen LogP contribution < -0.4 is 5.32 Å². The van der Waals surface area contributed by atoms with Crippen LogP contribution >= 0.6 is 0 Å². The smallest absolute Gasteiger partial charge is 0.0782 e. The Hall–Kier alpha value is -0.960. The lowest BCUT2D eigenvalue weighted by atomic mass is 9.94. The lowest BCUT2D eigenvalue weighted by Gasteiger charge is -2.26. The van der Waals surface area contributed by atoms with Crippen molar-refractivity contribution in [1.82, 2.24) is 15.3 Å². The molecule has 1 aromatic heterocycles. The fourth-order valence-electron chi connectivity index (χ4n) is 3.69. The summed E-state index contributed by atoms with van der Waals surface area (Å²) in [4.78, 5) is 8.78. The summed E-state index contributed by atoms with van der Waals surface area (Å²) >= 11 is 0. The van der Waals surface area contributed by atoms with Gasteiger partial charge < -0.3 is 5.32 Å². The van der Waals surface area contributed by atoms with Crippen molar-refractivity contribution in [2.75, 3.05) is 0 Å². The molecule has 17 heavy (non-hydrogen) atoms. The molecule has 3 nitrogen and oxygen atoms in total. The first-order chi connectivity index (χ1) is 8.24. The molecule has 0 aliphatic heterocycles. The molecule has 3 rings (SSSR count). The number of nitrogens with one attached hydrogen (secondary N) is 1. The van der Waals surface area contributed by atoms with Crippen LogP contribution in [0.1, 0.15) is 50.0 Å². The standard InChI is InChI=1S/C14H21N3/c1-9-14(16-6-5-15-9)10(2)17-13-8-11-3-4-12(13)7-11/h5-6,10-13,17H,3-4,7-8H2,1-2H3. The summed E-state index contributed by atoms with van der Waals surface area (Å²) in [6.07, 6.45) is 9.26. The Morgan fingerprint density at radius 3 is 2.71 bits per heavy atom. The molecule has 4 unspecified atom stereocenters. The van der Waals surface area contributed by atoms with Gasteiger partial charge in [-0.2, -0.15) is 0 Å². The van der Waals surface area contributed by atoms with Gasteiger partial charge in [-0.15, -0.1) is 0 Å². The van der Waals surface area contributed by atoms with Gasteiger partial charge in [-0.05, 0) is 44.9 Å². The van der Waals surface area contributed by atoms with Crippen molar-refractivity contribution in [3.63, 3.8) is 0 Å². The predicted molar refractivity (Wildman–Crippen MR) is 67.6 cm³/mol. The number of fused-ring (bicyclic) bond motifs is 2. The summed E-state index contributed by atoms with van der Waals surface area (Å²) in [5.41, 5.74) is 2.16. The zero-order chi connectivity index (χ0) is 11.8. The van der Waals surface area contributed by atoms with E-state index in [4.69, 9.17) is 0 Å². The first-order valence-corrected chi connectivity index (χ1v) is 6.77. The van der Waals surface area contributed by atoms with Gasteiger partial charge in [-0.3, -0.25) is 9.97 Å². The summed E-state index contributed by atoms with van der Waals surface area (Å²) in [7, 11) is 0. The van der Waals surface area contributed by atoms with Gasteiger partial charge in [-0.1, -0.05) is 6.42 Å². The minimum atomic E-state index is 0.327. The van der Waals surface area contributed by atoms with Crippen LogP contribution in [0.2, 0.25) is 0 Å². The Bertz CT molecular complexity index is 404. The van der Waals surface area contributed by atoms with Crippen molar-refractivity contribution in [3.8, 4) is 0 Å². The van der Waals surface area contributed by atoms with Crippen LogP contribution in [0.3, 0.4) is 0 Å². The van der Waals surface area contributed by atoms with Crippen molar-refractivity contribution in [2.45, 2.75) is 51.6 Å². The minimum absolute atomic E-state index is 0.327. The van der Waals surface area contributed by atoms with Crippen LogP contribution in [0.5, 0.6) is 0 Å². The van der Waals surface area contributed by atoms with Crippen molar-refractivity contribution in [3.05, 3.63) is 23.8 Å². The summed E-state index contributed by atoms with van der Waals surface area (Å²) in [5, 5.41) is 3.76. The Morgan fingerprint density at radius 2 is 2.06 bits per heavy atom. The van der Waals surface area contributed by atoms with E-state index in [1.54, 1.807) is 12.4 Å². The number of nitrogens with zero attached hydrogens (tertiary/aromatic N) is 2. The van der Waals surface area contributed by atoms with Gasteiger partial charge in [0.15, 0.2) is 0 Å². The fraction of sp³-hybridized carbons (Fsp3) is 0.714. The second-order valence-electron chi connectivity index (χ2n) is 5.70. The van der Waals surface area contributed by atoms with Crippen molar-refractivity contribution >= 4 is 0 Å². The van der Waals surface area contributed by atoms with Crippen LogP contribution in [-0.2, 0) is 0 Å². The van der Waals surface area contributed by atoms with E-state index < -0.39 is 0 Å². The Kier molecular flexibility index (Phi) is 2.87. The maximum absolute atomic E-state index is 4.46. The topological polar surface area (TPSA) is 37.8 Å². The average Bonchev–Trinajstić information content (AvgIpc) is 2.91. The molecule has 2 saturated carbocycles. The summed E-state index contributed by atoms with van der Waals surface area (Å²) in [6, 6.07) is 1.04. The number of hydrogen-bond acceptors (Lipinski definition) is 3. The van der Waals surface area contributed by atoms with Crippen molar-refractivity contribution in [1.29, 1.82) is 0 Å². The number of aryl methyl sites for hydroxylation is 1. The summed E-state index contributed by atoms with van der Waals surface area (Å²) in [6.45, 7) is 4.25. The minimum Gasteiger partial charge on any atom is -0.306 e. The zero-order valence-corrected chi connectivity index (χ0v) is 10.7. The van der Waals surface area contributed by atoms with Gasteiger partial charge in [0.1, 0.15) is 0 Å². The van der Waals surface area contributed by atoms with E-state index in [0.717, 1.165) is 23.2 Å². The highest BCUT2D eigenvalue weighted by Gasteiger charge is 2.39. The predicted octanol–water partition coefficient (Wildman–Crippen LogP) is 2.62. The van der Waals surface area contributed by atoms with Crippen LogP contribution in [0.25, 0.3) is 0 Å². The highest BCUT2D eigenvalue weighted by Crippen LogP contribution is 2.45. The molecular formula is C14H21N3. The molecule has 0 saturated heterocycles. The molecule has 0 aromatic carbocycles. The fourth-order valence-corrected chi connectivity index (χ4v) is 3.69. The molecular weight excluding hydrogens is 210 g/mol. The third-order valence-electron chi connectivity index (χ3n) is 4.53. The second kappa shape index (κ2) is 4.37. The van der Waals surface area contributed by atoms with Gasteiger partial charge in [0, 0.05) is 24.5 Å². The third kappa shape index (κ3) is 2.08. The highest BCUT2D eigenvalue weighted by atomic mass is 15.0. The third-order valence-corrected chi connectivity index (χ3v) is 4.53. The number of aromatic nitrogens is 2. The van der Waals surface area contributed by atoms with Gasteiger partial charge in [0.25, 0.3) is 0 Å². The van der Waals surface area contributed by atoms with E-state index in [1.165, 1.54) is 25.7 Å². The van der Waals surface area contributed by atoms with Crippen LogP contribution in [-0.4, -0.2) is 16.0 Å². The molecule has 2 fully saturated rings. The van der Waals surface area contributed by atoms with Gasteiger partial charge >= 0.3 is 0 Å². The zero-order valence-electron chi connectivity index (χ0n) is 10.7. The SMILES string of the molecule is Cc1nccnc1C(C)NC1CC2CCC1C2. The van der Waals surface area contributed by atoms with E-state index in [9.17, 15) is 0 Å². The van der Waals surface area contributed by atoms with Crippen LogP contribution in [0.4, 0.5) is 0 Å². The number of hydrogen-bond donors (Lipinski definition) is 1. The molecule has 2 aliphatic carbocycles. The van der Waals surface area contributed by atoms with Crippen molar-refractivity contribution in [2.24, 2.45) is 11.8 Å². The van der Waals surface area contributed by atoms with Gasteiger partial charge in [0.2, 0.25) is 0 Å². The average molecular weight is 231 g/mol. The van der Waals surface area contributed by atoms with E-state index >= 15 is 0 Å². The Balaban J connectivity index is 1.68. The first kappa shape index (κ1) is 11.1. The molecule has 1 heterocycles. The lowest BCUT2D eigenvalue weighted by molar-refractivity contribution is 0.324. The van der Waals surface area contributed by atoms with E-state index in [-0.39, 0.29) is 0 Å². The summed E-state index contributed by atoms with van der Waals surface area (Å²) < 4.78 is 0. The molecule has 1 N–H and O–H groups in total. The number of rotatable bonds is 3. The molecule has 92 valence electrons. The molecule has 0 radical (unpaired) electrons. The molecule has 3 heteroatoms. The monoisotopic (exact) mass is 231 g/mol. The van der Waals surface area contributed by atoms with E-state index in [1.807, 2.05) is 6.92 Å². The lowest BCUT2D eigenvalue weighted by Crippen LogP contribution is -2.36. The van der Waals surface area contributed by atoms with Crippen LogP contribution in [0.15, 0.2) is 12.4 Å². The van der Waals surface area contributed by atoms with Gasteiger partial charge in [-0.25, -0.2) is 0 Å². The maximum Gasteiger partial charge on any atom is 0.0782 e. The largest absolute Gasteiger partial charge is 0.306 e. The molecule has 2 bridgehead atoms. The van der Waals surface area contributed by atoms with Gasteiger partial charge in [0.05, 0.1) is 11.4 Å². The Labute approximate surface area is 103 Å². The van der Waals surface area contributed by atoms with E-state index in [2.05, 4.69) is 22.2 Å².